The molecule has 1 fully saturated rings. The molecule has 5 nitrogen and oxygen atoms in total. The molecule has 1 unspecified atom stereocenters. The summed E-state index contributed by atoms with van der Waals surface area (Å²) in [5.74, 6) is 0.469. The zero-order valence-corrected chi connectivity index (χ0v) is 12.2. The van der Waals surface area contributed by atoms with Crippen LogP contribution in [-0.4, -0.2) is 30.6 Å². The van der Waals surface area contributed by atoms with Gasteiger partial charge in [0.1, 0.15) is 5.69 Å². The number of nitro benzene ring substituents is 1. The van der Waals surface area contributed by atoms with E-state index in [1.165, 1.54) is 6.42 Å². The quantitative estimate of drug-likeness (QED) is 0.641. The van der Waals surface area contributed by atoms with Gasteiger partial charge in [0, 0.05) is 25.2 Å². The van der Waals surface area contributed by atoms with Gasteiger partial charge in [-0.3, -0.25) is 10.1 Å². The third-order valence-electron chi connectivity index (χ3n) is 3.61. The van der Waals surface area contributed by atoms with Gasteiger partial charge in [0.2, 0.25) is 0 Å². The van der Waals surface area contributed by atoms with E-state index in [2.05, 4.69) is 24.1 Å². The van der Waals surface area contributed by atoms with Gasteiger partial charge in [-0.05, 0) is 31.4 Å². The van der Waals surface area contributed by atoms with Gasteiger partial charge in [-0.15, -0.1) is 0 Å². The minimum Gasteiger partial charge on any atom is -0.364 e. The standard InChI is InChI=1S/C15H23N3O2/c1-12(2)10-17(11-13-6-5-9-16-13)14-7-3-4-8-15(14)18(19)20/h3-4,7-8,12-13,16H,5-6,9-11H2,1-2H3. The van der Waals surface area contributed by atoms with E-state index in [9.17, 15) is 10.1 Å². The molecule has 0 aliphatic carbocycles. The summed E-state index contributed by atoms with van der Waals surface area (Å²) >= 11 is 0. The Kier molecular flexibility index (Phi) is 4.95. The van der Waals surface area contributed by atoms with Crippen LogP contribution in [0.15, 0.2) is 24.3 Å². The fourth-order valence-corrected chi connectivity index (χ4v) is 2.78. The molecule has 20 heavy (non-hydrogen) atoms. The monoisotopic (exact) mass is 277 g/mol. The molecule has 0 radical (unpaired) electrons. The van der Waals surface area contributed by atoms with Crippen molar-refractivity contribution in [3.05, 3.63) is 34.4 Å². The van der Waals surface area contributed by atoms with Gasteiger partial charge in [0.25, 0.3) is 5.69 Å². The van der Waals surface area contributed by atoms with E-state index in [0.717, 1.165) is 31.7 Å². The number of rotatable bonds is 6. The summed E-state index contributed by atoms with van der Waals surface area (Å²) in [6.45, 7) is 7.01. The largest absolute Gasteiger partial charge is 0.364 e. The summed E-state index contributed by atoms with van der Waals surface area (Å²) < 4.78 is 0. The highest BCUT2D eigenvalue weighted by Crippen LogP contribution is 2.29. The Morgan fingerprint density at radius 1 is 1.45 bits per heavy atom. The smallest absolute Gasteiger partial charge is 0.292 e. The van der Waals surface area contributed by atoms with Gasteiger partial charge in [-0.25, -0.2) is 0 Å². The second-order valence-electron chi connectivity index (χ2n) is 5.84. The SMILES string of the molecule is CC(C)CN(CC1CCCN1)c1ccccc1[N+](=O)[O-]. The van der Waals surface area contributed by atoms with E-state index >= 15 is 0 Å². The number of nitrogens with one attached hydrogen (secondary N) is 1. The summed E-state index contributed by atoms with van der Waals surface area (Å²) in [4.78, 5) is 13.1. The molecule has 0 spiro atoms. The van der Waals surface area contributed by atoms with Crippen molar-refractivity contribution >= 4 is 11.4 Å². The first kappa shape index (κ1) is 14.8. The molecule has 0 saturated carbocycles. The van der Waals surface area contributed by atoms with Crippen LogP contribution in [0.2, 0.25) is 0 Å². The average Bonchev–Trinajstić information content (AvgIpc) is 2.90. The van der Waals surface area contributed by atoms with Gasteiger partial charge in [-0.2, -0.15) is 0 Å². The zero-order chi connectivity index (χ0) is 14.5. The molecule has 0 aromatic heterocycles. The van der Waals surface area contributed by atoms with E-state index in [4.69, 9.17) is 0 Å². The molecular formula is C15H23N3O2. The summed E-state index contributed by atoms with van der Waals surface area (Å²) in [7, 11) is 0. The van der Waals surface area contributed by atoms with Crippen molar-refractivity contribution in [3.8, 4) is 0 Å². The predicted octanol–water partition coefficient (Wildman–Crippen LogP) is 2.81. The molecule has 0 bridgehead atoms. The lowest BCUT2D eigenvalue weighted by molar-refractivity contribution is -0.384. The molecule has 1 aliphatic heterocycles. The van der Waals surface area contributed by atoms with Crippen molar-refractivity contribution in [1.29, 1.82) is 0 Å². The zero-order valence-electron chi connectivity index (χ0n) is 12.2. The molecule has 2 rings (SSSR count). The Hall–Kier alpha value is -1.62. The van der Waals surface area contributed by atoms with Crippen molar-refractivity contribution < 1.29 is 4.92 Å². The van der Waals surface area contributed by atoms with Crippen LogP contribution in [0.1, 0.15) is 26.7 Å². The van der Waals surface area contributed by atoms with Crippen LogP contribution in [0.5, 0.6) is 0 Å². The molecule has 1 aromatic carbocycles. The lowest BCUT2D eigenvalue weighted by Crippen LogP contribution is -2.39. The fraction of sp³-hybridized carbons (Fsp3) is 0.600. The topological polar surface area (TPSA) is 58.4 Å². The maximum absolute atomic E-state index is 11.2. The Morgan fingerprint density at radius 2 is 2.20 bits per heavy atom. The minimum atomic E-state index is -0.287. The third-order valence-corrected chi connectivity index (χ3v) is 3.61. The van der Waals surface area contributed by atoms with E-state index in [1.807, 2.05) is 12.1 Å². The second-order valence-corrected chi connectivity index (χ2v) is 5.84. The molecule has 1 saturated heterocycles. The van der Waals surface area contributed by atoms with Crippen molar-refractivity contribution in [2.45, 2.75) is 32.7 Å². The molecular weight excluding hydrogens is 254 g/mol. The van der Waals surface area contributed by atoms with Gasteiger partial charge < -0.3 is 10.2 Å². The highest BCUT2D eigenvalue weighted by molar-refractivity contribution is 5.63. The molecule has 1 aromatic rings. The molecule has 1 heterocycles. The van der Waals surface area contributed by atoms with Gasteiger partial charge in [0.15, 0.2) is 0 Å². The highest BCUT2D eigenvalue weighted by atomic mass is 16.6. The van der Waals surface area contributed by atoms with Gasteiger partial charge in [-0.1, -0.05) is 26.0 Å². The number of hydrogen-bond donors (Lipinski definition) is 1. The fourth-order valence-electron chi connectivity index (χ4n) is 2.78. The molecule has 1 N–H and O–H groups in total. The van der Waals surface area contributed by atoms with E-state index in [1.54, 1.807) is 12.1 Å². The summed E-state index contributed by atoms with van der Waals surface area (Å²) in [6, 6.07) is 7.48. The Morgan fingerprint density at radius 3 is 2.80 bits per heavy atom. The van der Waals surface area contributed by atoms with Crippen molar-refractivity contribution in [1.82, 2.24) is 5.32 Å². The lowest BCUT2D eigenvalue weighted by atomic mass is 10.1. The average molecular weight is 277 g/mol. The maximum Gasteiger partial charge on any atom is 0.292 e. The summed E-state index contributed by atoms with van der Waals surface area (Å²) in [5, 5.41) is 14.7. The van der Waals surface area contributed by atoms with Crippen LogP contribution < -0.4 is 10.2 Å². The molecule has 110 valence electrons. The first-order valence-electron chi connectivity index (χ1n) is 7.29. The van der Waals surface area contributed by atoms with Crippen LogP contribution in [0, 0.1) is 16.0 Å². The first-order chi connectivity index (χ1) is 9.58. The minimum absolute atomic E-state index is 0.200. The highest BCUT2D eigenvalue weighted by Gasteiger charge is 2.23. The number of hydrogen-bond acceptors (Lipinski definition) is 4. The normalized spacial score (nSPS) is 18.4. The number of anilines is 1. The summed E-state index contributed by atoms with van der Waals surface area (Å²) in [6.07, 6.45) is 2.34. The van der Waals surface area contributed by atoms with Crippen LogP contribution in [0.25, 0.3) is 0 Å². The Labute approximate surface area is 120 Å². The predicted molar refractivity (Wildman–Crippen MR) is 81.2 cm³/mol. The molecule has 5 heteroatoms. The van der Waals surface area contributed by atoms with Gasteiger partial charge >= 0.3 is 0 Å². The summed E-state index contributed by atoms with van der Waals surface area (Å²) in [5.41, 5.74) is 0.936. The third kappa shape index (κ3) is 3.70. The molecule has 0 amide bonds. The van der Waals surface area contributed by atoms with Crippen LogP contribution in [0.3, 0.4) is 0 Å². The van der Waals surface area contributed by atoms with Crippen LogP contribution >= 0.6 is 0 Å². The number of nitro groups is 1. The van der Waals surface area contributed by atoms with Crippen molar-refractivity contribution in [2.75, 3.05) is 24.5 Å². The van der Waals surface area contributed by atoms with E-state index < -0.39 is 0 Å². The Balaban J connectivity index is 2.22. The Bertz CT molecular complexity index is 456. The maximum atomic E-state index is 11.2. The second kappa shape index (κ2) is 6.70. The van der Waals surface area contributed by atoms with Crippen LogP contribution in [-0.2, 0) is 0 Å². The first-order valence-corrected chi connectivity index (χ1v) is 7.29. The lowest BCUT2D eigenvalue weighted by Gasteiger charge is -2.29. The molecule has 1 aliphatic rings. The molecule has 1 atom stereocenters. The van der Waals surface area contributed by atoms with Crippen LogP contribution in [0.4, 0.5) is 11.4 Å². The van der Waals surface area contributed by atoms with Gasteiger partial charge in [0.05, 0.1) is 4.92 Å². The van der Waals surface area contributed by atoms with Crippen molar-refractivity contribution in [2.24, 2.45) is 5.92 Å². The number of benzene rings is 1. The van der Waals surface area contributed by atoms with E-state index in [0.29, 0.717) is 12.0 Å². The van der Waals surface area contributed by atoms with Crippen molar-refractivity contribution in [3.63, 3.8) is 0 Å². The number of para-hydroxylation sites is 2. The number of nitrogens with zero attached hydrogens (tertiary/aromatic N) is 2. The van der Waals surface area contributed by atoms with E-state index in [-0.39, 0.29) is 10.6 Å².